The predicted molar refractivity (Wildman–Crippen MR) is 93.4 cm³/mol. The van der Waals surface area contributed by atoms with Gasteiger partial charge in [0.1, 0.15) is 5.69 Å². The zero-order valence-electron chi connectivity index (χ0n) is 12.8. The summed E-state index contributed by atoms with van der Waals surface area (Å²) in [6.45, 7) is 2.01. The highest BCUT2D eigenvalue weighted by atomic mass is 32.1. The molecule has 2 aromatic heterocycles. The van der Waals surface area contributed by atoms with Crippen LogP contribution in [-0.2, 0) is 4.79 Å². The highest BCUT2D eigenvalue weighted by Crippen LogP contribution is 2.26. The van der Waals surface area contributed by atoms with Gasteiger partial charge in [0, 0.05) is 11.6 Å². The Morgan fingerprint density at radius 2 is 1.91 bits per heavy atom. The Bertz CT molecular complexity index is 771. The predicted octanol–water partition coefficient (Wildman–Crippen LogP) is 4.34. The van der Waals surface area contributed by atoms with Crippen LogP contribution < -0.4 is 5.32 Å². The Morgan fingerprint density at radius 3 is 2.61 bits per heavy atom. The molecule has 116 valence electrons. The third-order valence-corrected chi connectivity index (χ3v) is 4.35. The maximum atomic E-state index is 12.5. The van der Waals surface area contributed by atoms with Gasteiger partial charge in [-0.05, 0) is 24.1 Å². The highest BCUT2D eigenvalue weighted by molar-refractivity contribution is 7.14. The van der Waals surface area contributed by atoms with Gasteiger partial charge in [0.05, 0.1) is 11.6 Å². The summed E-state index contributed by atoms with van der Waals surface area (Å²) in [6.07, 6.45) is 2.48. The van der Waals surface area contributed by atoms with Crippen molar-refractivity contribution in [3.63, 3.8) is 0 Å². The van der Waals surface area contributed by atoms with E-state index in [1.54, 1.807) is 6.20 Å². The van der Waals surface area contributed by atoms with Crippen LogP contribution in [0, 0.1) is 0 Å². The van der Waals surface area contributed by atoms with Crippen molar-refractivity contribution >= 4 is 22.4 Å². The van der Waals surface area contributed by atoms with Crippen LogP contribution in [0.2, 0.25) is 0 Å². The molecule has 1 atom stereocenters. The van der Waals surface area contributed by atoms with Gasteiger partial charge >= 0.3 is 0 Å². The normalized spacial score (nSPS) is 11.9. The van der Waals surface area contributed by atoms with Crippen molar-refractivity contribution in [1.29, 1.82) is 0 Å². The number of hydrogen-bond donors (Lipinski definition) is 1. The lowest BCUT2D eigenvalue weighted by molar-refractivity contribution is -0.117. The van der Waals surface area contributed by atoms with Gasteiger partial charge in [0.2, 0.25) is 5.91 Å². The van der Waals surface area contributed by atoms with E-state index in [1.807, 2.05) is 60.8 Å². The fourth-order valence-electron chi connectivity index (χ4n) is 2.41. The third kappa shape index (κ3) is 3.63. The number of carbonyl (C=O) groups excluding carboxylic acids is 1. The lowest BCUT2D eigenvalue weighted by Crippen LogP contribution is -2.20. The SMILES string of the molecule is CC[C@H](C(=O)Nc1nc(-c2ccccn2)cs1)c1ccccc1. The number of anilines is 1. The van der Waals surface area contributed by atoms with Gasteiger partial charge in [-0.3, -0.25) is 9.78 Å². The van der Waals surface area contributed by atoms with Gasteiger partial charge in [-0.2, -0.15) is 0 Å². The van der Waals surface area contributed by atoms with Gasteiger partial charge in [-0.25, -0.2) is 4.98 Å². The first-order valence-corrected chi connectivity index (χ1v) is 8.38. The zero-order valence-corrected chi connectivity index (χ0v) is 13.6. The quantitative estimate of drug-likeness (QED) is 0.760. The van der Waals surface area contributed by atoms with E-state index < -0.39 is 0 Å². The monoisotopic (exact) mass is 323 g/mol. The summed E-state index contributed by atoms with van der Waals surface area (Å²) in [5, 5.41) is 5.43. The molecule has 0 saturated heterocycles. The second kappa shape index (κ2) is 7.15. The van der Waals surface area contributed by atoms with Crippen LogP contribution in [-0.4, -0.2) is 15.9 Å². The highest BCUT2D eigenvalue weighted by Gasteiger charge is 2.19. The molecule has 0 aliphatic carbocycles. The summed E-state index contributed by atoms with van der Waals surface area (Å²) < 4.78 is 0. The van der Waals surface area contributed by atoms with Gasteiger partial charge in [-0.15, -0.1) is 11.3 Å². The second-order valence-electron chi connectivity index (χ2n) is 5.11. The third-order valence-electron chi connectivity index (χ3n) is 3.59. The minimum absolute atomic E-state index is 0.0272. The number of pyridine rings is 1. The molecule has 1 aromatic carbocycles. The Hall–Kier alpha value is -2.53. The van der Waals surface area contributed by atoms with Crippen LogP contribution in [0.5, 0.6) is 0 Å². The average Bonchev–Trinajstić information content (AvgIpc) is 3.06. The van der Waals surface area contributed by atoms with Gasteiger partial charge in [0.25, 0.3) is 0 Å². The number of nitrogens with one attached hydrogen (secondary N) is 1. The lowest BCUT2D eigenvalue weighted by atomic mass is 9.96. The number of carbonyl (C=O) groups is 1. The van der Waals surface area contributed by atoms with E-state index in [1.165, 1.54) is 11.3 Å². The Labute approximate surface area is 139 Å². The minimum Gasteiger partial charge on any atom is -0.301 e. The second-order valence-corrected chi connectivity index (χ2v) is 5.97. The molecular formula is C18H17N3OS. The van der Waals surface area contributed by atoms with Crippen molar-refractivity contribution < 1.29 is 4.79 Å². The first-order valence-electron chi connectivity index (χ1n) is 7.50. The Kier molecular flexibility index (Phi) is 4.78. The molecule has 1 N–H and O–H groups in total. The molecule has 5 heteroatoms. The standard InChI is InChI=1S/C18H17N3OS/c1-2-14(13-8-4-3-5-9-13)17(22)21-18-20-16(12-23-18)15-10-6-7-11-19-15/h3-12,14H,2H2,1H3,(H,20,21,22)/t14-/m0/s1. The average molecular weight is 323 g/mol. The summed E-state index contributed by atoms with van der Waals surface area (Å²) >= 11 is 1.41. The molecule has 0 spiro atoms. The van der Waals surface area contributed by atoms with Gasteiger partial charge in [-0.1, -0.05) is 43.3 Å². The number of nitrogens with zero attached hydrogens (tertiary/aromatic N) is 2. The molecular weight excluding hydrogens is 306 g/mol. The van der Waals surface area contributed by atoms with Crippen LogP contribution >= 0.6 is 11.3 Å². The number of aromatic nitrogens is 2. The molecule has 4 nitrogen and oxygen atoms in total. The lowest BCUT2D eigenvalue weighted by Gasteiger charge is -2.14. The van der Waals surface area contributed by atoms with Crippen LogP contribution in [0.4, 0.5) is 5.13 Å². The van der Waals surface area contributed by atoms with Crippen molar-refractivity contribution in [3.05, 3.63) is 65.7 Å². The van der Waals surface area contributed by atoms with E-state index in [0.29, 0.717) is 5.13 Å². The maximum Gasteiger partial charge on any atom is 0.233 e. The van der Waals surface area contributed by atoms with E-state index in [0.717, 1.165) is 23.4 Å². The van der Waals surface area contributed by atoms with E-state index in [2.05, 4.69) is 15.3 Å². The smallest absolute Gasteiger partial charge is 0.233 e. The van der Waals surface area contributed by atoms with E-state index in [9.17, 15) is 4.79 Å². The summed E-state index contributed by atoms with van der Waals surface area (Å²) in [6, 6.07) is 15.5. The molecule has 0 saturated carbocycles. The number of thiazole rings is 1. The van der Waals surface area contributed by atoms with Crippen molar-refractivity contribution in [2.45, 2.75) is 19.3 Å². The maximum absolute atomic E-state index is 12.5. The van der Waals surface area contributed by atoms with Crippen molar-refractivity contribution in [1.82, 2.24) is 9.97 Å². The number of hydrogen-bond acceptors (Lipinski definition) is 4. The molecule has 0 fully saturated rings. The molecule has 3 aromatic rings. The first kappa shape index (κ1) is 15.4. The summed E-state index contributed by atoms with van der Waals surface area (Å²) in [5.41, 5.74) is 2.60. The Morgan fingerprint density at radius 1 is 1.13 bits per heavy atom. The molecule has 0 radical (unpaired) electrons. The number of amides is 1. The topological polar surface area (TPSA) is 54.9 Å². The van der Waals surface area contributed by atoms with Crippen LogP contribution in [0.3, 0.4) is 0 Å². The molecule has 0 bridgehead atoms. The molecule has 0 aliphatic rings. The summed E-state index contributed by atoms with van der Waals surface area (Å²) in [7, 11) is 0. The molecule has 23 heavy (non-hydrogen) atoms. The zero-order chi connectivity index (χ0) is 16.1. The summed E-state index contributed by atoms with van der Waals surface area (Å²) in [5.74, 6) is -0.195. The van der Waals surface area contributed by atoms with Crippen molar-refractivity contribution in [2.24, 2.45) is 0 Å². The van der Waals surface area contributed by atoms with Crippen LogP contribution in [0.25, 0.3) is 11.4 Å². The minimum atomic E-state index is -0.168. The van der Waals surface area contributed by atoms with E-state index >= 15 is 0 Å². The van der Waals surface area contributed by atoms with E-state index in [4.69, 9.17) is 0 Å². The molecule has 0 unspecified atom stereocenters. The number of rotatable bonds is 5. The fourth-order valence-corrected chi connectivity index (χ4v) is 3.12. The molecule has 3 rings (SSSR count). The largest absolute Gasteiger partial charge is 0.301 e. The van der Waals surface area contributed by atoms with Gasteiger partial charge < -0.3 is 5.32 Å². The molecule has 1 amide bonds. The fraction of sp³-hybridized carbons (Fsp3) is 0.167. The van der Waals surface area contributed by atoms with E-state index in [-0.39, 0.29) is 11.8 Å². The van der Waals surface area contributed by atoms with Crippen molar-refractivity contribution in [3.8, 4) is 11.4 Å². The molecule has 2 heterocycles. The van der Waals surface area contributed by atoms with Crippen LogP contribution in [0.1, 0.15) is 24.8 Å². The Balaban J connectivity index is 1.74. The number of benzene rings is 1. The van der Waals surface area contributed by atoms with Crippen LogP contribution in [0.15, 0.2) is 60.1 Å². The first-order chi connectivity index (χ1) is 11.3. The molecule has 0 aliphatic heterocycles. The van der Waals surface area contributed by atoms with Crippen molar-refractivity contribution in [2.75, 3.05) is 5.32 Å². The summed E-state index contributed by atoms with van der Waals surface area (Å²) in [4.78, 5) is 21.3. The van der Waals surface area contributed by atoms with Gasteiger partial charge in [0.15, 0.2) is 5.13 Å².